The van der Waals surface area contributed by atoms with Crippen LogP contribution in [0.1, 0.15) is 28.2 Å². The first-order valence-electron chi connectivity index (χ1n) is 13.1. The van der Waals surface area contributed by atoms with Crippen LogP contribution in [0.15, 0.2) is 121 Å². The van der Waals surface area contributed by atoms with Gasteiger partial charge < -0.3 is 24.1 Å². The van der Waals surface area contributed by atoms with Crippen molar-refractivity contribution >= 4 is 0 Å². The average Bonchev–Trinajstić information content (AvgIpc) is 2.97. The molecular weight excluding hydrogens is 476 g/mol. The first kappa shape index (κ1) is 26.3. The van der Waals surface area contributed by atoms with Crippen molar-refractivity contribution in [3.8, 4) is 0 Å². The van der Waals surface area contributed by atoms with Crippen LogP contribution in [-0.4, -0.2) is 36.3 Å². The van der Waals surface area contributed by atoms with Crippen molar-refractivity contribution in [1.29, 1.82) is 0 Å². The van der Waals surface area contributed by atoms with Crippen LogP contribution in [0.2, 0.25) is 0 Å². The lowest BCUT2D eigenvalue weighted by Crippen LogP contribution is -2.56. The zero-order chi connectivity index (χ0) is 26.0. The number of aliphatic hydroxyl groups is 1. The van der Waals surface area contributed by atoms with Gasteiger partial charge in [0.1, 0.15) is 6.10 Å². The molecule has 196 valence electrons. The summed E-state index contributed by atoms with van der Waals surface area (Å²) >= 11 is 0. The molecule has 0 spiro atoms. The van der Waals surface area contributed by atoms with Crippen LogP contribution in [0.25, 0.3) is 0 Å². The molecule has 1 aliphatic heterocycles. The summed E-state index contributed by atoms with van der Waals surface area (Å²) in [5, 5.41) is 11.2. The second kappa shape index (κ2) is 13.5. The number of hydrogen-bond acceptors (Lipinski definition) is 5. The Morgan fingerprint density at radius 2 is 1.00 bits per heavy atom. The van der Waals surface area contributed by atoms with Gasteiger partial charge in [-0.1, -0.05) is 121 Å². The Bertz CT molecular complexity index is 1200. The molecule has 5 nitrogen and oxygen atoms in total. The second-order valence-electron chi connectivity index (χ2n) is 9.52. The third kappa shape index (κ3) is 6.95. The number of aliphatic hydroxyl groups excluding tert-OH is 1. The summed E-state index contributed by atoms with van der Waals surface area (Å²) in [5.41, 5.74) is 4.21. The van der Waals surface area contributed by atoms with Crippen LogP contribution < -0.4 is 0 Å². The van der Waals surface area contributed by atoms with Gasteiger partial charge in [0.05, 0.1) is 38.6 Å². The smallest absolute Gasteiger partial charge is 0.184 e. The number of hydrogen-bond donors (Lipinski definition) is 1. The highest BCUT2D eigenvalue weighted by Crippen LogP contribution is 2.38. The average molecular weight is 511 g/mol. The fourth-order valence-electron chi connectivity index (χ4n) is 4.92. The monoisotopic (exact) mass is 510 g/mol. The van der Waals surface area contributed by atoms with Crippen LogP contribution in [0.5, 0.6) is 0 Å². The molecule has 1 unspecified atom stereocenters. The van der Waals surface area contributed by atoms with Gasteiger partial charge in [-0.05, 0) is 22.3 Å². The van der Waals surface area contributed by atoms with E-state index >= 15 is 0 Å². The van der Waals surface area contributed by atoms with E-state index in [4.69, 9.17) is 18.9 Å². The fraction of sp³-hybridized carbons (Fsp3) is 0.273. The van der Waals surface area contributed by atoms with Crippen molar-refractivity contribution in [2.75, 3.05) is 6.61 Å². The molecule has 0 amide bonds. The number of rotatable bonds is 11. The molecule has 0 bridgehead atoms. The fourth-order valence-corrected chi connectivity index (χ4v) is 4.92. The van der Waals surface area contributed by atoms with E-state index in [0.29, 0.717) is 26.4 Å². The van der Waals surface area contributed by atoms with E-state index in [-0.39, 0.29) is 5.92 Å². The molecule has 0 radical (unpaired) electrons. The highest BCUT2D eigenvalue weighted by Gasteiger charge is 2.47. The van der Waals surface area contributed by atoms with Crippen molar-refractivity contribution < 1.29 is 24.1 Å². The van der Waals surface area contributed by atoms with Gasteiger partial charge in [-0.15, -0.1) is 0 Å². The Labute approximate surface area is 224 Å². The van der Waals surface area contributed by atoms with E-state index in [1.165, 1.54) is 0 Å². The Balaban J connectivity index is 1.39. The zero-order valence-electron chi connectivity index (χ0n) is 21.3. The van der Waals surface area contributed by atoms with Crippen molar-refractivity contribution in [2.45, 2.75) is 50.3 Å². The molecule has 5 atom stereocenters. The Morgan fingerprint density at radius 1 is 0.553 bits per heavy atom. The van der Waals surface area contributed by atoms with Gasteiger partial charge in [0.15, 0.2) is 6.29 Å². The van der Waals surface area contributed by atoms with Crippen LogP contribution >= 0.6 is 0 Å². The van der Waals surface area contributed by atoms with Crippen LogP contribution in [0.3, 0.4) is 0 Å². The molecule has 4 aromatic rings. The molecule has 1 N–H and O–H groups in total. The molecule has 38 heavy (non-hydrogen) atoms. The Kier molecular flexibility index (Phi) is 9.32. The molecule has 1 aliphatic rings. The lowest BCUT2D eigenvalue weighted by Gasteiger charge is -2.45. The lowest BCUT2D eigenvalue weighted by molar-refractivity contribution is -0.285. The molecule has 0 saturated carbocycles. The zero-order valence-corrected chi connectivity index (χ0v) is 21.3. The minimum atomic E-state index is -1.16. The van der Waals surface area contributed by atoms with Gasteiger partial charge in [0.2, 0.25) is 0 Å². The van der Waals surface area contributed by atoms with Crippen LogP contribution in [-0.2, 0) is 38.8 Å². The van der Waals surface area contributed by atoms with Gasteiger partial charge >= 0.3 is 0 Å². The molecule has 5 rings (SSSR count). The number of ether oxygens (including phenoxy) is 4. The maximum Gasteiger partial charge on any atom is 0.184 e. The van der Waals surface area contributed by atoms with Gasteiger partial charge in [-0.3, -0.25) is 0 Å². The maximum atomic E-state index is 11.2. The van der Waals surface area contributed by atoms with E-state index in [1.54, 1.807) is 0 Å². The molecule has 1 heterocycles. The van der Waals surface area contributed by atoms with Crippen molar-refractivity contribution in [1.82, 2.24) is 0 Å². The molecule has 1 saturated heterocycles. The van der Waals surface area contributed by atoms with E-state index in [0.717, 1.165) is 22.3 Å². The summed E-state index contributed by atoms with van der Waals surface area (Å²) < 4.78 is 25.2. The van der Waals surface area contributed by atoms with Crippen LogP contribution in [0, 0.1) is 0 Å². The SMILES string of the molecule is OC1O[C@H](COCc2ccccc2)[C@@H](c2ccccc2)[C@H](OCc2ccccc2)[C@H]1OCc1ccccc1. The molecule has 0 aromatic heterocycles. The molecule has 4 aromatic carbocycles. The normalized spacial score (nSPS) is 23.2. The first-order valence-corrected chi connectivity index (χ1v) is 13.1. The second-order valence-corrected chi connectivity index (χ2v) is 9.52. The summed E-state index contributed by atoms with van der Waals surface area (Å²) in [5.74, 6) is -0.208. The van der Waals surface area contributed by atoms with Gasteiger partial charge in [-0.2, -0.15) is 0 Å². The van der Waals surface area contributed by atoms with Gasteiger partial charge in [0, 0.05) is 5.92 Å². The maximum absolute atomic E-state index is 11.2. The molecule has 0 aliphatic carbocycles. The van der Waals surface area contributed by atoms with Crippen molar-refractivity contribution in [3.05, 3.63) is 144 Å². The Morgan fingerprint density at radius 3 is 1.53 bits per heavy atom. The van der Waals surface area contributed by atoms with Gasteiger partial charge in [-0.25, -0.2) is 0 Å². The molecule has 5 heteroatoms. The topological polar surface area (TPSA) is 57.2 Å². The van der Waals surface area contributed by atoms with E-state index in [9.17, 15) is 5.11 Å². The quantitative estimate of drug-likeness (QED) is 0.273. The third-order valence-electron chi connectivity index (χ3n) is 6.82. The highest BCUT2D eigenvalue weighted by molar-refractivity contribution is 5.25. The van der Waals surface area contributed by atoms with Crippen molar-refractivity contribution in [2.24, 2.45) is 0 Å². The molecule has 1 fully saturated rings. The molecular formula is C33H34O5. The predicted octanol–water partition coefficient (Wildman–Crippen LogP) is 5.88. The number of benzene rings is 4. The third-order valence-corrected chi connectivity index (χ3v) is 6.82. The highest BCUT2D eigenvalue weighted by atomic mass is 16.7. The predicted molar refractivity (Wildman–Crippen MR) is 146 cm³/mol. The summed E-state index contributed by atoms with van der Waals surface area (Å²) in [6.45, 7) is 1.50. The van der Waals surface area contributed by atoms with Crippen molar-refractivity contribution in [3.63, 3.8) is 0 Å². The summed E-state index contributed by atoms with van der Waals surface area (Å²) in [6.07, 6.45) is -2.73. The lowest BCUT2D eigenvalue weighted by atomic mass is 9.83. The minimum Gasteiger partial charge on any atom is -0.374 e. The first-order chi connectivity index (χ1) is 18.8. The van der Waals surface area contributed by atoms with E-state index in [1.807, 2.05) is 109 Å². The summed E-state index contributed by atoms with van der Waals surface area (Å²) in [6, 6.07) is 40.2. The van der Waals surface area contributed by atoms with E-state index in [2.05, 4.69) is 12.1 Å². The van der Waals surface area contributed by atoms with Crippen LogP contribution in [0.4, 0.5) is 0 Å². The van der Waals surface area contributed by atoms with E-state index < -0.39 is 24.6 Å². The van der Waals surface area contributed by atoms with Gasteiger partial charge in [0.25, 0.3) is 0 Å². The minimum absolute atomic E-state index is 0.208. The summed E-state index contributed by atoms with van der Waals surface area (Å²) in [4.78, 5) is 0. The largest absolute Gasteiger partial charge is 0.374 e. The summed E-state index contributed by atoms with van der Waals surface area (Å²) in [7, 11) is 0. The standard InChI is InChI=1S/C33H34O5/c34-33-32(37-23-27-17-9-3-10-18-27)31(36-22-26-15-7-2-8-16-26)30(28-19-11-4-12-20-28)29(38-33)24-35-21-25-13-5-1-6-14-25/h1-20,29-34H,21-24H2/t29-,30-,31+,32-,33?/m1/s1. The Hall–Kier alpha value is -3.32.